The van der Waals surface area contributed by atoms with Gasteiger partial charge in [0.25, 0.3) is 5.91 Å². The summed E-state index contributed by atoms with van der Waals surface area (Å²) in [7, 11) is 1.60. The van der Waals surface area contributed by atoms with Crippen molar-refractivity contribution in [3.05, 3.63) is 35.4 Å². The van der Waals surface area contributed by atoms with Gasteiger partial charge in [0.1, 0.15) is 6.04 Å². The number of carbonyl (C=O) groups excluding carboxylic acids is 3. The second-order valence-corrected chi connectivity index (χ2v) is 9.78. The van der Waals surface area contributed by atoms with Crippen LogP contribution in [0.4, 0.5) is 0 Å². The molecule has 1 aromatic rings. The number of rotatable bonds is 6. The molecule has 3 saturated heterocycles. The molecular formula is C24H30N6O3. The van der Waals surface area contributed by atoms with Crippen LogP contribution in [0, 0.1) is 17.2 Å². The molecule has 4 aliphatic rings. The van der Waals surface area contributed by atoms with Crippen molar-refractivity contribution in [2.24, 2.45) is 11.7 Å². The van der Waals surface area contributed by atoms with E-state index in [-0.39, 0.29) is 47.9 Å². The molecular weight excluding hydrogens is 420 g/mol. The van der Waals surface area contributed by atoms with Crippen LogP contribution in [0.1, 0.15) is 48.1 Å². The van der Waals surface area contributed by atoms with Crippen molar-refractivity contribution in [2.45, 2.75) is 62.4 Å². The molecule has 3 aliphatic heterocycles. The van der Waals surface area contributed by atoms with Gasteiger partial charge in [-0.2, -0.15) is 5.26 Å². The van der Waals surface area contributed by atoms with E-state index >= 15 is 0 Å². The van der Waals surface area contributed by atoms with Gasteiger partial charge in [-0.1, -0.05) is 12.1 Å². The zero-order valence-corrected chi connectivity index (χ0v) is 19.0. The maximum Gasteiger partial charge on any atom is 0.251 e. The fourth-order valence-corrected chi connectivity index (χ4v) is 6.03. The highest BCUT2D eigenvalue weighted by molar-refractivity contribution is 5.94. The van der Waals surface area contributed by atoms with Crippen molar-refractivity contribution in [3.8, 4) is 6.07 Å². The van der Waals surface area contributed by atoms with Crippen molar-refractivity contribution in [1.82, 2.24) is 20.0 Å². The number of hydrogen-bond acceptors (Lipinski definition) is 6. The number of likely N-dealkylation sites (tertiary alicyclic amines) is 3. The number of fused-ring (bicyclic) bond motifs is 3. The molecule has 2 bridgehead atoms. The van der Waals surface area contributed by atoms with Crippen LogP contribution in [0.3, 0.4) is 0 Å². The van der Waals surface area contributed by atoms with Gasteiger partial charge < -0.3 is 20.9 Å². The van der Waals surface area contributed by atoms with Crippen LogP contribution in [0.5, 0.6) is 0 Å². The molecule has 7 atom stereocenters. The van der Waals surface area contributed by atoms with Crippen molar-refractivity contribution in [1.29, 1.82) is 5.26 Å². The molecule has 5 rings (SSSR count). The fraction of sp³-hybridized carbons (Fsp3) is 0.583. The fourth-order valence-electron chi connectivity index (χ4n) is 6.03. The third-order valence-electron chi connectivity index (χ3n) is 7.87. The average Bonchev–Trinajstić information content (AvgIpc) is 3.15. The average molecular weight is 451 g/mol. The maximum atomic E-state index is 13.2. The zero-order chi connectivity index (χ0) is 23.4. The maximum absolute atomic E-state index is 13.2. The second-order valence-electron chi connectivity index (χ2n) is 9.78. The van der Waals surface area contributed by atoms with Gasteiger partial charge in [0, 0.05) is 37.8 Å². The number of nitrogens with two attached hydrogens (primary N) is 1. The Morgan fingerprint density at radius 2 is 1.97 bits per heavy atom. The predicted octanol–water partition coefficient (Wildman–Crippen LogP) is 0.233. The number of hydrogen-bond donors (Lipinski definition) is 2. The molecule has 1 unspecified atom stereocenters. The first-order valence-corrected chi connectivity index (χ1v) is 11.7. The minimum absolute atomic E-state index is 0.0621. The Bertz CT molecular complexity index is 1020. The van der Waals surface area contributed by atoms with Gasteiger partial charge in [0.15, 0.2) is 0 Å². The lowest BCUT2D eigenvalue weighted by Crippen LogP contribution is -2.57. The van der Waals surface area contributed by atoms with Crippen LogP contribution < -0.4 is 11.1 Å². The van der Waals surface area contributed by atoms with E-state index in [0.29, 0.717) is 24.6 Å². The largest absolute Gasteiger partial charge is 0.355 e. The summed E-state index contributed by atoms with van der Waals surface area (Å²) >= 11 is 0. The van der Waals surface area contributed by atoms with Crippen LogP contribution in [0.2, 0.25) is 0 Å². The Hall–Kier alpha value is -2.96. The highest BCUT2D eigenvalue weighted by atomic mass is 16.2. The first kappa shape index (κ1) is 21.9. The van der Waals surface area contributed by atoms with E-state index in [0.717, 1.165) is 24.8 Å². The van der Waals surface area contributed by atoms with E-state index in [9.17, 15) is 19.6 Å². The SMILES string of the molecule is CNC(=O)c1ccc([C@H](C)N2C(=O)[C@H]3C[C@@H]2CN3C[C@H](N)C(=O)N2[C@H](C#N)CC3C[C@@H]32)cc1. The Morgan fingerprint density at radius 1 is 1.24 bits per heavy atom. The van der Waals surface area contributed by atoms with Crippen molar-refractivity contribution < 1.29 is 14.4 Å². The van der Waals surface area contributed by atoms with Crippen LogP contribution in [0.25, 0.3) is 0 Å². The number of nitriles is 1. The summed E-state index contributed by atoms with van der Waals surface area (Å²) in [6.07, 6.45) is 2.46. The minimum atomic E-state index is -0.726. The molecule has 3 amide bonds. The first-order valence-electron chi connectivity index (χ1n) is 11.7. The van der Waals surface area contributed by atoms with Crippen LogP contribution in [-0.4, -0.2) is 82.8 Å². The van der Waals surface area contributed by atoms with Crippen molar-refractivity contribution >= 4 is 17.7 Å². The van der Waals surface area contributed by atoms with Gasteiger partial charge in [-0.05, 0) is 49.8 Å². The lowest BCUT2D eigenvalue weighted by molar-refractivity contribution is -0.141. The Kier molecular flexibility index (Phi) is 5.38. The van der Waals surface area contributed by atoms with E-state index < -0.39 is 6.04 Å². The highest BCUT2D eigenvalue weighted by Gasteiger charge is 2.56. The number of piperazine rings is 1. The lowest BCUT2D eigenvalue weighted by Gasteiger charge is -2.38. The molecule has 174 valence electrons. The Labute approximate surface area is 193 Å². The number of benzene rings is 1. The Balaban J connectivity index is 1.21. The van der Waals surface area contributed by atoms with Gasteiger partial charge in [-0.25, -0.2) is 0 Å². The zero-order valence-electron chi connectivity index (χ0n) is 19.0. The third-order valence-corrected chi connectivity index (χ3v) is 7.87. The van der Waals surface area contributed by atoms with Gasteiger partial charge in [0.05, 0.1) is 24.2 Å². The summed E-state index contributed by atoms with van der Waals surface area (Å²) in [4.78, 5) is 43.7. The van der Waals surface area contributed by atoms with Gasteiger partial charge in [-0.3, -0.25) is 19.3 Å². The smallest absolute Gasteiger partial charge is 0.251 e. The van der Waals surface area contributed by atoms with Crippen molar-refractivity contribution in [2.75, 3.05) is 20.1 Å². The molecule has 9 nitrogen and oxygen atoms in total. The summed E-state index contributed by atoms with van der Waals surface area (Å²) in [5.41, 5.74) is 7.86. The summed E-state index contributed by atoms with van der Waals surface area (Å²) in [5, 5.41) is 12.0. The van der Waals surface area contributed by atoms with E-state index in [1.807, 2.05) is 28.9 Å². The quantitative estimate of drug-likeness (QED) is 0.640. The monoisotopic (exact) mass is 450 g/mol. The standard InChI is InChI=1S/C24H30N6O3/c1-13(14-3-5-15(6-4-14)22(31)27-2)29-18-9-21(24(29)33)28(11-18)12-19(26)23(32)30-17(10-25)7-16-8-20(16)30/h3-6,13,16-21H,7-9,11-12,26H2,1-2H3,(H,27,31)/t13-,16?,17-,18+,19-,20-,21+/m0/s1. The summed E-state index contributed by atoms with van der Waals surface area (Å²) in [5.74, 6) is 0.213. The molecule has 1 saturated carbocycles. The van der Waals surface area contributed by atoms with Gasteiger partial charge >= 0.3 is 0 Å². The van der Waals surface area contributed by atoms with Crippen LogP contribution in [-0.2, 0) is 9.59 Å². The topological polar surface area (TPSA) is 123 Å². The first-order chi connectivity index (χ1) is 15.8. The highest BCUT2D eigenvalue weighted by Crippen LogP contribution is 2.48. The predicted molar refractivity (Wildman–Crippen MR) is 120 cm³/mol. The van der Waals surface area contributed by atoms with Gasteiger partial charge in [0.2, 0.25) is 11.8 Å². The minimum Gasteiger partial charge on any atom is -0.355 e. The molecule has 3 N–H and O–H groups in total. The molecule has 0 aromatic heterocycles. The molecule has 33 heavy (non-hydrogen) atoms. The van der Waals surface area contributed by atoms with E-state index in [2.05, 4.69) is 11.4 Å². The summed E-state index contributed by atoms with van der Waals surface area (Å²) in [6.45, 7) is 3.03. The van der Waals surface area contributed by atoms with Crippen LogP contribution >= 0.6 is 0 Å². The molecule has 3 heterocycles. The number of nitrogens with zero attached hydrogens (tertiary/aromatic N) is 4. The molecule has 0 radical (unpaired) electrons. The molecule has 1 aromatic carbocycles. The van der Waals surface area contributed by atoms with E-state index in [4.69, 9.17) is 5.73 Å². The van der Waals surface area contributed by atoms with Crippen molar-refractivity contribution in [3.63, 3.8) is 0 Å². The number of amides is 3. The Morgan fingerprint density at radius 3 is 2.61 bits per heavy atom. The number of piperidine rings is 1. The summed E-state index contributed by atoms with van der Waals surface area (Å²) < 4.78 is 0. The van der Waals surface area contributed by atoms with Crippen LogP contribution in [0.15, 0.2) is 24.3 Å². The van der Waals surface area contributed by atoms with E-state index in [1.165, 1.54) is 0 Å². The normalized spacial score (nSPS) is 31.8. The van der Waals surface area contributed by atoms with E-state index in [1.54, 1.807) is 24.1 Å². The number of nitrogens with one attached hydrogen (secondary N) is 1. The molecule has 1 aliphatic carbocycles. The lowest BCUT2D eigenvalue weighted by atomic mass is 10.0. The second kappa shape index (κ2) is 8.12. The third kappa shape index (κ3) is 3.58. The molecule has 4 fully saturated rings. The summed E-state index contributed by atoms with van der Waals surface area (Å²) in [6, 6.07) is 8.38. The molecule has 0 spiro atoms. The molecule has 9 heteroatoms. The number of carbonyl (C=O) groups is 3. The van der Waals surface area contributed by atoms with Gasteiger partial charge in [-0.15, -0.1) is 0 Å².